The number of hydrazine groups is 1. The zero-order valence-corrected chi connectivity index (χ0v) is 13.8. The van der Waals surface area contributed by atoms with E-state index in [1.165, 1.54) is 42.0 Å². The number of hydrogen-bond acceptors (Lipinski definition) is 3. The summed E-state index contributed by atoms with van der Waals surface area (Å²) in [5.74, 6) is -0.763. The molecule has 0 radical (unpaired) electrons. The molecule has 2 N–H and O–H groups in total. The van der Waals surface area contributed by atoms with Crippen molar-refractivity contribution in [3.05, 3.63) is 71.6 Å². The van der Waals surface area contributed by atoms with Gasteiger partial charge in [-0.15, -0.1) is 0 Å². The number of ether oxygens (including phenoxy) is 1. The summed E-state index contributed by atoms with van der Waals surface area (Å²) in [4.78, 5) is 23.2. The van der Waals surface area contributed by atoms with E-state index >= 15 is 0 Å². The van der Waals surface area contributed by atoms with Crippen LogP contribution < -0.4 is 15.6 Å². The van der Waals surface area contributed by atoms with Gasteiger partial charge in [0.25, 0.3) is 11.8 Å². The van der Waals surface area contributed by atoms with E-state index < -0.39 is 11.8 Å². The van der Waals surface area contributed by atoms with Crippen LogP contribution in [0.3, 0.4) is 0 Å². The molecule has 25 heavy (non-hydrogen) atoms. The molecule has 130 valence electrons. The molecular formula is C19H19FN2O3. The topological polar surface area (TPSA) is 67.4 Å². The molecule has 0 bridgehead atoms. The summed E-state index contributed by atoms with van der Waals surface area (Å²) in [6.07, 6.45) is 3.67. The minimum absolute atomic E-state index is 0.215. The predicted molar refractivity (Wildman–Crippen MR) is 93.0 cm³/mol. The Hall–Kier alpha value is -3.15. The number of carbonyl (C=O) groups excluding carboxylic acids is 2. The van der Waals surface area contributed by atoms with Crippen LogP contribution >= 0.6 is 0 Å². The third-order valence-electron chi connectivity index (χ3n) is 3.32. The molecule has 0 saturated carbocycles. The van der Waals surface area contributed by atoms with Crippen LogP contribution in [0.25, 0.3) is 6.08 Å². The van der Waals surface area contributed by atoms with Crippen LogP contribution in [0.5, 0.6) is 5.75 Å². The summed E-state index contributed by atoms with van der Waals surface area (Å²) in [6.45, 7) is 1.84. The summed E-state index contributed by atoms with van der Waals surface area (Å²) >= 11 is 0. The van der Waals surface area contributed by atoms with Gasteiger partial charge in [0.2, 0.25) is 0 Å². The standard InChI is InChI=1S/C19H19FN2O3/c1-2-14-5-10-17(11-6-14)25-13-19(24)22-21-18(23)12-7-15-3-8-16(20)9-4-15/h3-12H,2,13H2,1H3,(H,21,23)(H,22,24)/b12-7+. The summed E-state index contributed by atoms with van der Waals surface area (Å²) in [7, 11) is 0. The molecule has 0 spiro atoms. The normalized spacial score (nSPS) is 10.5. The van der Waals surface area contributed by atoms with Crippen LogP contribution in [0.4, 0.5) is 4.39 Å². The van der Waals surface area contributed by atoms with Crippen molar-refractivity contribution >= 4 is 17.9 Å². The van der Waals surface area contributed by atoms with Crippen LogP contribution in [0.1, 0.15) is 18.1 Å². The first-order valence-corrected chi connectivity index (χ1v) is 7.81. The average molecular weight is 342 g/mol. The van der Waals surface area contributed by atoms with Gasteiger partial charge in [-0.2, -0.15) is 0 Å². The Bertz CT molecular complexity index is 740. The van der Waals surface area contributed by atoms with Gasteiger partial charge in [0, 0.05) is 6.08 Å². The Morgan fingerprint density at radius 2 is 1.72 bits per heavy atom. The molecule has 5 nitrogen and oxygen atoms in total. The van der Waals surface area contributed by atoms with E-state index in [0.29, 0.717) is 11.3 Å². The summed E-state index contributed by atoms with van der Waals surface area (Å²) < 4.78 is 18.1. The number of nitrogens with one attached hydrogen (secondary N) is 2. The summed E-state index contributed by atoms with van der Waals surface area (Å²) in [5, 5.41) is 0. The number of benzene rings is 2. The minimum Gasteiger partial charge on any atom is -0.484 e. The van der Waals surface area contributed by atoms with E-state index in [0.717, 1.165) is 6.42 Å². The van der Waals surface area contributed by atoms with Gasteiger partial charge in [-0.05, 0) is 47.9 Å². The van der Waals surface area contributed by atoms with E-state index in [1.807, 2.05) is 12.1 Å². The zero-order valence-electron chi connectivity index (χ0n) is 13.8. The van der Waals surface area contributed by atoms with Gasteiger partial charge in [-0.25, -0.2) is 4.39 Å². The maximum atomic E-state index is 12.8. The fraction of sp³-hybridized carbons (Fsp3) is 0.158. The van der Waals surface area contributed by atoms with Gasteiger partial charge >= 0.3 is 0 Å². The van der Waals surface area contributed by atoms with Crippen LogP contribution in [-0.2, 0) is 16.0 Å². The number of aryl methyl sites for hydroxylation is 1. The molecule has 2 rings (SSSR count). The van der Waals surface area contributed by atoms with Crippen LogP contribution in [0.2, 0.25) is 0 Å². The van der Waals surface area contributed by atoms with Crippen molar-refractivity contribution < 1.29 is 18.7 Å². The fourth-order valence-electron chi connectivity index (χ4n) is 1.93. The fourth-order valence-corrected chi connectivity index (χ4v) is 1.93. The van der Waals surface area contributed by atoms with Crippen LogP contribution in [0.15, 0.2) is 54.6 Å². The van der Waals surface area contributed by atoms with Crippen LogP contribution in [-0.4, -0.2) is 18.4 Å². The lowest BCUT2D eigenvalue weighted by molar-refractivity contribution is -0.128. The molecule has 0 aliphatic heterocycles. The average Bonchev–Trinajstić information content (AvgIpc) is 2.64. The SMILES string of the molecule is CCc1ccc(OCC(=O)NNC(=O)/C=C/c2ccc(F)cc2)cc1. The van der Waals surface area contributed by atoms with Crippen LogP contribution in [0, 0.1) is 5.82 Å². The number of hydrogen-bond donors (Lipinski definition) is 2. The van der Waals surface area contributed by atoms with E-state index in [1.54, 1.807) is 12.1 Å². The van der Waals surface area contributed by atoms with Crippen molar-refractivity contribution in [3.63, 3.8) is 0 Å². The Balaban J connectivity index is 1.71. The van der Waals surface area contributed by atoms with Crippen molar-refractivity contribution in [2.45, 2.75) is 13.3 Å². The summed E-state index contributed by atoms with van der Waals surface area (Å²) in [6, 6.07) is 13.1. The second-order valence-electron chi connectivity index (χ2n) is 5.21. The van der Waals surface area contributed by atoms with E-state index in [-0.39, 0.29) is 12.4 Å². The molecule has 0 heterocycles. The van der Waals surface area contributed by atoms with Gasteiger partial charge in [-0.1, -0.05) is 31.2 Å². The van der Waals surface area contributed by atoms with Crippen molar-refractivity contribution in [3.8, 4) is 5.75 Å². The molecule has 0 atom stereocenters. The monoisotopic (exact) mass is 342 g/mol. The number of carbonyl (C=O) groups is 2. The number of amides is 2. The Labute approximate surface area is 145 Å². The molecule has 0 saturated heterocycles. The lowest BCUT2D eigenvalue weighted by Gasteiger charge is -2.08. The molecule has 2 aromatic rings. The molecule has 0 unspecified atom stereocenters. The number of rotatable bonds is 6. The van der Waals surface area contributed by atoms with Crippen molar-refractivity contribution in [1.82, 2.24) is 10.9 Å². The second kappa shape index (κ2) is 9.22. The smallest absolute Gasteiger partial charge is 0.276 e. The Morgan fingerprint density at radius 3 is 2.36 bits per heavy atom. The van der Waals surface area contributed by atoms with Gasteiger partial charge in [0.15, 0.2) is 6.61 Å². The highest BCUT2D eigenvalue weighted by molar-refractivity contribution is 5.93. The molecule has 0 fully saturated rings. The highest BCUT2D eigenvalue weighted by Crippen LogP contribution is 2.12. The third kappa shape index (κ3) is 6.47. The maximum Gasteiger partial charge on any atom is 0.276 e. The zero-order chi connectivity index (χ0) is 18.1. The molecular weight excluding hydrogens is 323 g/mol. The van der Waals surface area contributed by atoms with E-state index in [9.17, 15) is 14.0 Å². The minimum atomic E-state index is -0.509. The third-order valence-corrected chi connectivity index (χ3v) is 3.32. The first-order chi connectivity index (χ1) is 12.1. The molecule has 0 aliphatic carbocycles. The van der Waals surface area contributed by atoms with Crippen molar-refractivity contribution in [1.29, 1.82) is 0 Å². The first-order valence-electron chi connectivity index (χ1n) is 7.81. The largest absolute Gasteiger partial charge is 0.484 e. The van der Waals surface area contributed by atoms with Gasteiger partial charge < -0.3 is 4.74 Å². The van der Waals surface area contributed by atoms with E-state index in [2.05, 4.69) is 17.8 Å². The van der Waals surface area contributed by atoms with Crippen molar-refractivity contribution in [2.75, 3.05) is 6.61 Å². The molecule has 0 aromatic heterocycles. The molecule has 2 aromatic carbocycles. The second-order valence-corrected chi connectivity index (χ2v) is 5.21. The van der Waals surface area contributed by atoms with E-state index in [4.69, 9.17) is 4.74 Å². The van der Waals surface area contributed by atoms with Crippen molar-refractivity contribution in [2.24, 2.45) is 0 Å². The first kappa shape index (κ1) is 18.2. The summed E-state index contributed by atoms with van der Waals surface area (Å²) in [5.41, 5.74) is 6.33. The van der Waals surface area contributed by atoms with Gasteiger partial charge in [-0.3, -0.25) is 20.4 Å². The maximum absolute atomic E-state index is 12.8. The van der Waals surface area contributed by atoms with Gasteiger partial charge in [0.05, 0.1) is 0 Å². The molecule has 0 aliphatic rings. The molecule has 6 heteroatoms. The predicted octanol–water partition coefficient (Wildman–Crippen LogP) is 2.63. The Kier molecular flexibility index (Phi) is 6.71. The lowest BCUT2D eigenvalue weighted by atomic mass is 10.2. The Morgan fingerprint density at radius 1 is 1.04 bits per heavy atom. The number of halogens is 1. The highest BCUT2D eigenvalue weighted by atomic mass is 19.1. The highest BCUT2D eigenvalue weighted by Gasteiger charge is 2.04. The van der Waals surface area contributed by atoms with Gasteiger partial charge in [0.1, 0.15) is 11.6 Å². The lowest BCUT2D eigenvalue weighted by Crippen LogP contribution is -2.43. The quantitative estimate of drug-likeness (QED) is 0.626. The molecule has 2 amide bonds.